The SMILES string of the molecule is COC(=O)/C=C(/Nc1cccc2c(=O)cc(-c3nn[nH]n3)oc12)C(=O)OC. The van der Waals surface area contributed by atoms with E-state index < -0.39 is 11.9 Å². The van der Waals surface area contributed by atoms with Crippen molar-refractivity contribution in [2.75, 3.05) is 19.5 Å². The van der Waals surface area contributed by atoms with Gasteiger partial charge in [-0.15, -0.1) is 10.2 Å². The van der Waals surface area contributed by atoms with Crippen LogP contribution in [0.25, 0.3) is 22.6 Å². The number of hydrogen-bond acceptors (Lipinski definition) is 10. The van der Waals surface area contributed by atoms with Gasteiger partial charge in [0.05, 0.1) is 31.4 Å². The van der Waals surface area contributed by atoms with E-state index >= 15 is 0 Å². The normalized spacial score (nSPS) is 11.3. The van der Waals surface area contributed by atoms with Crippen LogP contribution in [-0.2, 0) is 19.1 Å². The van der Waals surface area contributed by atoms with Gasteiger partial charge in [-0.2, -0.15) is 5.21 Å². The molecular weight excluding hydrogens is 358 g/mol. The lowest BCUT2D eigenvalue weighted by Gasteiger charge is -2.11. The molecule has 2 N–H and O–H groups in total. The first-order valence-electron chi connectivity index (χ1n) is 7.49. The van der Waals surface area contributed by atoms with Crippen LogP contribution >= 0.6 is 0 Å². The van der Waals surface area contributed by atoms with E-state index in [1.165, 1.54) is 13.2 Å². The molecule has 3 aromatic rings. The lowest BCUT2D eigenvalue weighted by Crippen LogP contribution is -2.16. The van der Waals surface area contributed by atoms with Crippen LogP contribution in [0.5, 0.6) is 0 Å². The van der Waals surface area contributed by atoms with Gasteiger partial charge in [-0.05, 0) is 17.3 Å². The van der Waals surface area contributed by atoms with Crippen LogP contribution in [0.2, 0.25) is 0 Å². The number of methoxy groups -OCH3 is 2. The van der Waals surface area contributed by atoms with Gasteiger partial charge in [0.25, 0.3) is 0 Å². The van der Waals surface area contributed by atoms with Crippen LogP contribution in [0.15, 0.2) is 45.3 Å². The van der Waals surface area contributed by atoms with E-state index in [9.17, 15) is 14.4 Å². The van der Waals surface area contributed by atoms with Crippen LogP contribution in [0.4, 0.5) is 5.69 Å². The third-order valence-corrected chi connectivity index (χ3v) is 3.46. The minimum Gasteiger partial charge on any atom is -0.466 e. The number of hydrogen-bond donors (Lipinski definition) is 2. The molecule has 0 aliphatic carbocycles. The summed E-state index contributed by atoms with van der Waals surface area (Å²) >= 11 is 0. The first kappa shape index (κ1) is 17.8. The van der Waals surface area contributed by atoms with E-state index in [0.717, 1.165) is 13.2 Å². The highest BCUT2D eigenvalue weighted by Gasteiger charge is 2.17. The number of fused-ring (bicyclic) bond motifs is 1. The zero-order valence-corrected chi connectivity index (χ0v) is 14.2. The highest BCUT2D eigenvalue weighted by atomic mass is 16.5. The largest absolute Gasteiger partial charge is 0.466 e. The number of para-hydroxylation sites is 1. The molecule has 0 spiro atoms. The Hall–Kier alpha value is -4.02. The van der Waals surface area contributed by atoms with Crippen molar-refractivity contribution in [3.8, 4) is 11.6 Å². The molecule has 27 heavy (non-hydrogen) atoms. The van der Waals surface area contributed by atoms with E-state index in [0.29, 0.717) is 0 Å². The second kappa shape index (κ2) is 7.47. The molecule has 0 amide bonds. The van der Waals surface area contributed by atoms with Crippen molar-refractivity contribution in [3.05, 3.63) is 46.3 Å². The van der Waals surface area contributed by atoms with Crippen LogP contribution in [-0.4, -0.2) is 46.8 Å². The van der Waals surface area contributed by atoms with Gasteiger partial charge in [0.2, 0.25) is 5.82 Å². The molecule has 138 valence electrons. The van der Waals surface area contributed by atoms with Crippen LogP contribution in [0.1, 0.15) is 0 Å². The van der Waals surface area contributed by atoms with Crippen molar-refractivity contribution < 1.29 is 23.5 Å². The van der Waals surface area contributed by atoms with E-state index in [1.54, 1.807) is 18.2 Å². The summed E-state index contributed by atoms with van der Waals surface area (Å²) in [5.41, 5.74) is -0.180. The van der Waals surface area contributed by atoms with Crippen molar-refractivity contribution in [2.24, 2.45) is 0 Å². The van der Waals surface area contributed by atoms with Gasteiger partial charge in [-0.25, -0.2) is 9.59 Å². The average molecular weight is 371 g/mol. The maximum Gasteiger partial charge on any atom is 0.354 e. The van der Waals surface area contributed by atoms with E-state index in [4.69, 9.17) is 4.42 Å². The maximum atomic E-state index is 12.4. The van der Waals surface area contributed by atoms with Crippen LogP contribution in [0.3, 0.4) is 0 Å². The Kier molecular flexibility index (Phi) is 4.92. The van der Waals surface area contributed by atoms with Crippen molar-refractivity contribution in [3.63, 3.8) is 0 Å². The number of esters is 2. The lowest BCUT2D eigenvalue weighted by atomic mass is 10.2. The van der Waals surface area contributed by atoms with Gasteiger partial charge < -0.3 is 19.2 Å². The number of anilines is 1. The Labute approximate surface area is 151 Å². The van der Waals surface area contributed by atoms with Gasteiger partial charge in [0.15, 0.2) is 16.8 Å². The van der Waals surface area contributed by atoms with Gasteiger partial charge in [-0.3, -0.25) is 4.79 Å². The van der Waals surface area contributed by atoms with Gasteiger partial charge in [0, 0.05) is 6.07 Å². The molecule has 0 aliphatic heterocycles. The first-order chi connectivity index (χ1) is 13.0. The van der Waals surface area contributed by atoms with Gasteiger partial charge >= 0.3 is 11.9 Å². The van der Waals surface area contributed by atoms with Crippen molar-refractivity contribution in [1.82, 2.24) is 20.6 Å². The summed E-state index contributed by atoms with van der Waals surface area (Å²) in [7, 11) is 2.33. The summed E-state index contributed by atoms with van der Waals surface area (Å²) in [5.74, 6) is -1.42. The summed E-state index contributed by atoms with van der Waals surface area (Å²) in [6, 6.07) is 5.92. The van der Waals surface area contributed by atoms with Crippen LogP contribution < -0.4 is 10.7 Å². The molecule has 0 radical (unpaired) electrons. The first-order valence-corrected chi connectivity index (χ1v) is 7.49. The number of carbonyl (C=O) groups excluding carboxylic acids is 2. The van der Waals surface area contributed by atoms with E-state index in [-0.39, 0.29) is 39.4 Å². The number of nitrogens with zero attached hydrogens (tertiary/aromatic N) is 3. The second-order valence-electron chi connectivity index (χ2n) is 5.09. The molecular formula is C16H13N5O6. The third kappa shape index (κ3) is 3.66. The smallest absolute Gasteiger partial charge is 0.354 e. The molecule has 0 fully saturated rings. The standard InChI is InChI=1S/C16H13N5O6/c1-25-13(23)6-10(16(24)26-2)17-9-5-3-4-8-11(22)7-12(27-14(8)9)15-18-20-21-19-15/h3-7,17H,1-2H3,(H,18,19,20,21)/b10-6+. The zero-order chi connectivity index (χ0) is 19.4. The third-order valence-electron chi connectivity index (χ3n) is 3.46. The summed E-state index contributed by atoms with van der Waals surface area (Å²) in [4.78, 5) is 35.8. The highest BCUT2D eigenvalue weighted by molar-refractivity contribution is 6.01. The fourth-order valence-corrected chi connectivity index (χ4v) is 2.23. The fourth-order valence-electron chi connectivity index (χ4n) is 2.23. The Morgan fingerprint density at radius 3 is 2.74 bits per heavy atom. The van der Waals surface area contributed by atoms with Gasteiger partial charge in [0.1, 0.15) is 5.70 Å². The van der Waals surface area contributed by atoms with Crippen molar-refractivity contribution >= 4 is 28.6 Å². The predicted octanol–water partition coefficient (Wildman–Crippen LogP) is 0.615. The minimum absolute atomic E-state index is 0.0760. The molecule has 1 aromatic carbocycles. The van der Waals surface area contributed by atoms with Crippen molar-refractivity contribution in [2.45, 2.75) is 0 Å². The summed E-state index contributed by atoms with van der Waals surface area (Å²) in [5, 5.41) is 16.2. The number of carbonyl (C=O) groups is 2. The highest BCUT2D eigenvalue weighted by Crippen LogP contribution is 2.26. The molecule has 0 saturated heterocycles. The molecule has 2 heterocycles. The Bertz CT molecular complexity index is 1090. The number of aromatic nitrogens is 4. The lowest BCUT2D eigenvalue weighted by molar-refractivity contribution is -0.138. The number of benzene rings is 1. The molecule has 3 rings (SSSR count). The number of nitrogens with one attached hydrogen (secondary N) is 2. The number of H-pyrrole nitrogens is 1. The topological polar surface area (TPSA) is 149 Å². The molecule has 0 aliphatic rings. The number of tetrazole rings is 1. The molecule has 0 unspecified atom stereocenters. The minimum atomic E-state index is -0.811. The molecule has 0 bridgehead atoms. The zero-order valence-electron chi connectivity index (χ0n) is 14.2. The Morgan fingerprint density at radius 2 is 2.07 bits per heavy atom. The summed E-state index contributed by atoms with van der Waals surface area (Å²) in [6.07, 6.45) is 0.922. The monoisotopic (exact) mass is 371 g/mol. The predicted molar refractivity (Wildman–Crippen MR) is 91.4 cm³/mol. The summed E-state index contributed by atoms with van der Waals surface area (Å²) < 4.78 is 14.9. The molecule has 0 atom stereocenters. The van der Waals surface area contributed by atoms with Crippen molar-refractivity contribution in [1.29, 1.82) is 0 Å². The number of ether oxygens (including phenoxy) is 2. The fraction of sp³-hybridized carbons (Fsp3) is 0.125. The average Bonchev–Trinajstić information content (AvgIpc) is 3.22. The molecule has 2 aromatic heterocycles. The molecule has 0 saturated carbocycles. The Morgan fingerprint density at radius 1 is 1.26 bits per heavy atom. The van der Waals surface area contributed by atoms with Crippen LogP contribution in [0, 0.1) is 0 Å². The maximum absolute atomic E-state index is 12.4. The molecule has 11 heteroatoms. The number of aromatic amines is 1. The Balaban J connectivity index is 2.13. The quantitative estimate of drug-likeness (QED) is 0.482. The number of rotatable bonds is 5. The van der Waals surface area contributed by atoms with E-state index in [2.05, 4.69) is 35.4 Å². The second-order valence-corrected chi connectivity index (χ2v) is 5.09. The van der Waals surface area contributed by atoms with E-state index in [1.807, 2.05) is 0 Å². The van der Waals surface area contributed by atoms with Gasteiger partial charge in [-0.1, -0.05) is 6.07 Å². The molecule has 11 nitrogen and oxygen atoms in total. The summed E-state index contributed by atoms with van der Waals surface area (Å²) in [6.45, 7) is 0.